The highest BCUT2D eigenvalue weighted by atomic mass is 16.7. The summed E-state index contributed by atoms with van der Waals surface area (Å²) in [5.74, 6) is -2.77. The lowest BCUT2D eigenvalue weighted by Crippen LogP contribution is -2.25. The molecule has 0 N–H and O–H groups in total. The van der Waals surface area contributed by atoms with E-state index in [9.17, 15) is 19.5 Å². The van der Waals surface area contributed by atoms with Gasteiger partial charge in [-0.1, -0.05) is 0 Å². The molecule has 7 nitrogen and oxygen atoms in total. The van der Waals surface area contributed by atoms with E-state index in [1.54, 1.807) is 20.8 Å². The Hall–Kier alpha value is -1.63. The second-order valence-electron chi connectivity index (χ2n) is 4.18. The van der Waals surface area contributed by atoms with Crippen LogP contribution in [0.4, 0.5) is 0 Å². The van der Waals surface area contributed by atoms with Crippen molar-refractivity contribution >= 4 is 17.9 Å². The van der Waals surface area contributed by atoms with Gasteiger partial charge in [-0.15, -0.1) is 0 Å². The average molecular weight is 247 g/mol. The van der Waals surface area contributed by atoms with Crippen molar-refractivity contribution in [1.29, 1.82) is 0 Å². The molecule has 7 heteroatoms. The van der Waals surface area contributed by atoms with Crippen LogP contribution >= 0.6 is 0 Å². The molecule has 0 unspecified atom stereocenters. The van der Waals surface area contributed by atoms with E-state index in [0.29, 0.717) is 0 Å². The molecule has 0 saturated carbocycles. The van der Waals surface area contributed by atoms with Crippen molar-refractivity contribution < 1.29 is 33.7 Å². The van der Waals surface area contributed by atoms with Crippen molar-refractivity contribution in [2.24, 2.45) is 5.41 Å². The molecular weight excluding hydrogens is 232 g/mol. The molecule has 0 rings (SSSR count). The van der Waals surface area contributed by atoms with E-state index < -0.39 is 43.3 Å². The third-order valence-electron chi connectivity index (χ3n) is 1.46. The summed E-state index contributed by atoms with van der Waals surface area (Å²) >= 11 is 0. The zero-order chi connectivity index (χ0) is 13.5. The summed E-state index contributed by atoms with van der Waals surface area (Å²) in [5, 5.41) is 9.94. The molecule has 0 aliphatic rings. The Kier molecular flexibility index (Phi) is 6.19. The normalized spacial score (nSPS) is 10.8. The van der Waals surface area contributed by atoms with Gasteiger partial charge < -0.3 is 14.2 Å². The summed E-state index contributed by atoms with van der Waals surface area (Å²) in [6.45, 7) is 3.20. The van der Waals surface area contributed by atoms with Crippen LogP contribution in [-0.4, -0.2) is 37.9 Å². The number of ether oxygens (including phenoxy) is 3. The van der Waals surface area contributed by atoms with Crippen molar-refractivity contribution in [1.82, 2.24) is 0 Å². The van der Waals surface area contributed by atoms with Crippen LogP contribution in [0, 0.1) is 5.41 Å². The molecule has 0 heterocycles. The van der Waals surface area contributed by atoms with Gasteiger partial charge in [-0.2, -0.15) is 0 Å². The maximum absolute atomic E-state index is 11.2. The zero-order valence-corrected chi connectivity index (χ0v) is 9.98. The quantitative estimate of drug-likeness (QED) is 0.485. The molecule has 0 saturated heterocycles. The first-order chi connectivity index (χ1) is 7.73. The molecule has 0 atom stereocenters. The molecule has 1 radical (unpaired) electrons. The van der Waals surface area contributed by atoms with Gasteiger partial charge in [0.25, 0.3) is 0 Å². The molecule has 0 aromatic heterocycles. The van der Waals surface area contributed by atoms with Gasteiger partial charge in [0.05, 0.1) is 5.41 Å². The number of esters is 2. The molecule has 0 bridgehead atoms. The summed E-state index contributed by atoms with van der Waals surface area (Å²) in [6, 6.07) is 0. The number of hydrogen-bond donors (Lipinski definition) is 0. The Morgan fingerprint density at radius 2 is 1.59 bits per heavy atom. The largest absolute Gasteiger partial charge is 0.427 e. The van der Waals surface area contributed by atoms with Crippen molar-refractivity contribution in [3.8, 4) is 0 Å². The van der Waals surface area contributed by atoms with E-state index in [4.69, 9.17) is 0 Å². The summed E-state index contributed by atoms with van der Waals surface area (Å²) in [7, 11) is 0. The van der Waals surface area contributed by atoms with Gasteiger partial charge in [-0.05, 0) is 20.8 Å². The maximum atomic E-state index is 11.2. The molecule has 0 aliphatic heterocycles. The Labute approximate surface area is 98.6 Å². The molecule has 0 amide bonds. The van der Waals surface area contributed by atoms with E-state index in [2.05, 4.69) is 14.2 Å². The number of rotatable bonds is 6. The number of carbonyl (C=O) groups is 3. The highest BCUT2D eigenvalue weighted by molar-refractivity contribution is 5.75. The fourth-order valence-electron chi connectivity index (χ4n) is 0.625. The number of hydrogen-bond acceptors (Lipinski definition) is 6. The molecule has 97 valence electrons. The molecular formula is C10H15O7. The average Bonchev–Trinajstić information content (AvgIpc) is 2.15. The second-order valence-corrected chi connectivity index (χ2v) is 4.18. The van der Waals surface area contributed by atoms with Crippen LogP contribution in [0.15, 0.2) is 0 Å². The van der Waals surface area contributed by atoms with Crippen molar-refractivity contribution in [3.05, 3.63) is 0 Å². The minimum absolute atomic E-state index is 0.513. The number of carbonyl (C=O) groups excluding carboxylic acids is 3. The first-order valence-corrected chi connectivity index (χ1v) is 4.84. The lowest BCUT2D eigenvalue weighted by Gasteiger charge is -2.16. The van der Waals surface area contributed by atoms with Gasteiger partial charge in [-0.3, -0.25) is 4.79 Å². The van der Waals surface area contributed by atoms with Crippen LogP contribution in [0.25, 0.3) is 0 Å². The van der Waals surface area contributed by atoms with E-state index in [0.717, 1.165) is 0 Å². The minimum atomic E-state index is -1.43. The second kappa shape index (κ2) is 6.85. The maximum Gasteiger partial charge on any atom is 0.380 e. The van der Waals surface area contributed by atoms with E-state index >= 15 is 0 Å². The third kappa shape index (κ3) is 8.21. The Bertz CT molecular complexity index is 290. The highest BCUT2D eigenvalue weighted by Gasteiger charge is 2.23. The lowest BCUT2D eigenvalue weighted by molar-refractivity contribution is -0.175. The predicted octanol–water partition coefficient (Wildman–Crippen LogP) is 0.0501. The van der Waals surface area contributed by atoms with Crippen LogP contribution in [0.1, 0.15) is 20.8 Å². The van der Waals surface area contributed by atoms with Gasteiger partial charge in [0.1, 0.15) is 13.2 Å². The standard InChI is InChI=1S/C10H15O7/c1-10(2,3)9(14)17-6-16-8(13)5-15-4-7(11)12/h4-6H2,1-3H3. The van der Waals surface area contributed by atoms with Crippen LogP contribution in [0.2, 0.25) is 0 Å². The molecule has 0 aromatic carbocycles. The van der Waals surface area contributed by atoms with Gasteiger partial charge >= 0.3 is 17.9 Å². The first-order valence-electron chi connectivity index (χ1n) is 4.84. The Morgan fingerprint density at radius 1 is 1.00 bits per heavy atom. The zero-order valence-electron chi connectivity index (χ0n) is 9.98. The molecule has 0 fully saturated rings. The van der Waals surface area contributed by atoms with Gasteiger partial charge in [0.15, 0.2) is 0 Å². The topological polar surface area (TPSA) is 98.8 Å². The molecule has 0 spiro atoms. The molecule has 0 aromatic rings. The molecule has 17 heavy (non-hydrogen) atoms. The fraction of sp³-hybridized carbons (Fsp3) is 0.700. The van der Waals surface area contributed by atoms with E-state index in [1.807, 2.05) is 0 Å². The first kappa shape index (κ1) is 15.4. The van der Waals surface area contributed by atoms with Crippen LogP contribution < -0.4 is 0 Å². The van der Waals surface area contributed by atoms with Crippen LogP contribution in [-0.2, 0) is 33.7 Å². The Balaban J connectivity index is 3.65. The van der Waals surface area contributed by atoms with Crippen molar-refractivity contribution in [2.45, 2.75) is 20.8 Å². The SMILES string of the molecule is CC(C)(C)C(=O)OCOC(=O)COCC([O])=O. The fourth-order valence-corrected chi connectivity index (χ4v) is 0.625. The monoisotopic (exact) mass is 247 g/mol. The smallest absolute Gasteiger partial charge is 0.380 e. The summed E-state index contributed by atoms with van der Waals surface area (Å²) in [6.07, 6.45) is 0. The lowest BCUT2D eigenvalue weighted by atomic mass is 9.98. The third-order valence-corrected chi connectivity index (χ3v) is 1.46. The van der Waals surface area contributed by atoms with Gasteiger partial charge in [-0.25, -0.2) is 14.7 Å². The van der Waals surface area contributed by atoms with Crippen LogP contribution in [0.3, 0.4) is 0 Å². The summed E-state index contributed by atoms with van der Waals surface area (Å²) < 4.78 is 13.5. The van der Waals surface area contributed by atoms with Crippen molar-refractivity contribution in [3.63, 3.8) is 0 Å². The van der Waals surface area contributed by atoms with Gasteiger partial charge in [0, 0.05) is 0 Å². The minimum Gasteiger partial charge on any atom is -0.427 e. The van der Waals surface area contributed by atoms with Crippen LogP contribution in [0.5, 0.6) is 0 Å². The van der Waals surface area contributed by atoms with E-state index in [1.165, 1.54) is 0 Å². The van der Waals surface area contributed by atoms with E-state index in [-0.39, 0.29) is 0 Å². The summed E-state index contributed by atoms with van der Waals surface area (Å²) in [4.78, 5) is 32.1. The summed E-state index contributed by atoms with van der Waals surface area (Å²) in [5.41, 5.74) is -0.683. The highest BCUT2D eigenvalue weighted by Crippen LogP contribution is 2.14. The molecule has 0 aliphatic carbocycles. The van der Waals surface area contributed by atoms with Gasteiger partial charge in [0.2, 0.25) is 6.79 Å². The Morgan fingerprint density at radius 3 is 2.06 bits per heavy atom. The predicted molar refractivity (Wildman–Crippen MR) is 53.0 cm³/mol. The van der Waals surface area contributed by atoms with Crippen molar-refractivity contribution in [2.75, 3.05) is 20.0 Å².